The minimum Gasteiger partial charge on any atom is -0.479 e. The van der Waals surface area contributed by atoms with Crippen LogP contribution in [-0.2, 0) is 25.5 Å². The van der Waals surface area contributed by atoms with Crippen LogP contribution >= 0.6 is 0 Å². The lowest BCUT2D eigenvalue weighted by Crippen LogP contribution is -2.24. The van der Waals surface area contributed by atoms with Crippen LogP contribution < -0.4 is 10.4 Å². The molecule has 0 fully saturated rings. The van der Waals surface area contributed by atoms with Crippen LogP contribution in [0, 0.1) is 6.92 Å². The molecule has 128 valence electrons. The van der Waals surface area contributed by atoms with Gasteiger partial charge in [-0.05, 0) is 31.5 Å². The lowest BCUT2D eigenvalue weighted by molar-refractivity contribution is -0.148. The van der Waals surface area contributed by atoms with E-state index in [0.29, 0.717) is 22.3 Å². The fraction of sp³-hybridized carbons (Fsp3) is 0.353. The van der Waals surface area contributed by atoms with Crippen molar-refractivity contribution in [3.8, 4) is 5.75 Å². The van der Waals surface area contributed by atoms with Crippen LogP contribution in [0.4, 0.5) is 0 Å². The van der Waals surface area contributed by atoms with Crippen molar-refractivity contribution in [1.82, 2.24) is 0 Å². The summed E-state index contributed by atoms with van der Waals surface area (Å²) in [6, 6.07) is 4.87. The number of esters is 2. The zero-order chi connectivity index (χ0) is 17.9. The second kappa shape index (κ2) is 7.16. The number of fused-ring (bicyclic) bond motifs is 1. The van der Waals surface area contributed by atoms with Gasteiger partial charge in [-0.3, -0.25) is 4.79 Å². The average molecular weight is 334 g/mol. The molecule has 0 saturated carbocycles. The lowest BCUT2D eigenvalue weighted by atomic mass is 10.0. The van der Waals surface area contributed by atoms with Crippen molar-refractivity contribution < 1.29 is 28.2 Å². The number of carbonyl (C=O) groups is 2. The van der Waals surface area contributed by atoms with Crippen molar-refractivity contribution in [1.29, 1.82) is 0 Å². The van der Waals surface area contributed by atoms with Gasteiger partial charge in [-0.15, -0.1) is 0 Å². The molecule has 0 aliphatic rings. The second-order valence-electron chi connectivity index (χ2n) is 5.19. The highest BCUT2D eigenvalue weighted by atomic mass is 16.6. The number of carbonyl (C=O) groups excluding carboxylic acids is 2. The molecule has 2 aromatic rings. The normalized spacial score (nSPS) is 11.8. The van der Waals surface area contributed by atoms with Crippen molar-refractivity contribution in [3.63, 3.8) is 0 Å². The van der Waals surface area contributed by atoms with Crippen molar-refractivity contribution in [2.45, 2.75) is 26.4 Å². The maximum Gasteiger partial charge on any atom is 0.346 e. The molecule has 0 N–H and O–H groups in total. The third-order valence-electron chi connectivity index (χ3n) is 3.65. The lowest BCUT2D eigenvalue weighted by Gasteiger charge is -2.13. The van der Waals surface area contributed by atoms with Gasteiger partial charge in [0, 0.05) is 11.5 Å². The van der Waals surface area contributed by atoms with E-state index in [1.54, 1.807) is 26.0 Å². The number of rotatable bonds is 5. The molecule has 1 aromatic heterocycles. The van der Waals surface area contributed by atoms with Gasteiger partial charge < -0.3 is 18.6 Å². The van der Waals surface area contributed by atoms with Crippen LogP contribution in [0.2, 0.25) is 0 Å². The summed E-state index contributed by atoms with van der Waals surface area (Å²) in [5.74, 6) is -0.665. The Morgan fingerprint density at radius 1 is 1.21 bits per heavy atom. The average Bonchev–Trinajstić information content (AvgIpc) is 2.57. The van der Waals surface area contributed by atoms with Crippen LogP contribution in [0.15, 0.2) is 27.4 Å². The highest BCUT2D eigenvalue weighted by Crippen LogP contribution is 2.25. The van der Waals surface area contributed by atoms with Gasteiger partial charge in [-0.2, -0.15) is 0 Å². The standard InChI is InChI=1S/C17H18O7/c1-9-12-6-5-11(23-10(2)16(19)22-4)7-14(12)24-17(20)13(9)8-15(18)21-3/h5-7,10H,8H2,1-4H3/t10-/m0/s1. The molecule has 0 amide bonds. The Morgan fingerprint density at radius 2 is 1.92 bits per heavy atom. The molecule has 0 aliphatic heterocycles. The van der Waals surface area contributed by atoms with Crippen molar-refractivity contribution >= 4 is 22.9 Å². The Balaban J connectivity index is 2.41. The van der Waals surface area contributed by atoms with Crippen LogP contribution in [0.25, 0.3) is 11.0 Å². The van der Waals surface area contributed by atoms with Gasteiger partial charge >= 0.3 is 17.6 Å². The van der Waals surface area contributed by atoms with Crippen LogP contribution in [-0.4, -0.2) is 32.3 Å². The fourth-order valence-electron chi connectivity index (χ4n) is 2.29. The molecule has 2 rings (SSSR count). The van der Waals surface area contributed by atoms with E-state index in [1.807, 2.05) is 0 Å². The first-order valence-electron chi connectivity index (χ1n) is 7.25. The SMILES string of the molecule is COC(=O)Cc1c(C)c2ccc(O[C@@H](C)C(=O)OC)cc2oc1=O. The Kier molecular flexibility index (Phi) is 5.23. The Labute approximate surface area is 138 Å². The summed E-state index contributed by atoms with van der Waals surface area (Å²) < 4.78 is 19.9. The maximum absolute atomic E-state index is 12.1. The van der Waals surface area contributed by atoms with E-state index in [9.17, 15) is 14.4 Å². The topological polar surface area (TPSA) is 92.0 Å². The molecule has 1 atom stereocenters. The van der Waals surface area contributed by atoms with Crippen molar-refractivity contribution in [2.24, 2.45) is 0 Å². The summed E-state index contributed by atoms with van der Waals surface area (Å²) in [7, 11) is 2.53. The van der Waals surface area contributed by atoms with E-state index in [1.165, 1.54) is 20.3 Å². The second-order valence-corrected chi connectivity index (χ2v) is 5.19. The summed E-state index contributed by atoms with van der Waals surface area (Å²) in [6.45, 7) is 3.28. The summed E-state index contributed by atoms with van der Waals surface area (Å²) >= 11 is 0. The molecule has 0 radical (unpaired) electrons. The Bertz CT molecular complexity index is 835. The number of benzene rings is 1. The molecule has 0 unspecified atom stereocenters. The first-order chi connectivity index (χ1) is 11.4. The van der Waals surface area contributed by atoms with Gasteiger partial charge in [0.25, 0.3) is 0 Å². The van der Waals surface area contributed by atoms with Crippen LogP contribution in [0.1, 0.15) is 18.1 Å². The molecule has 0 saturated heterocycles. The van der Waals surface area contributed by atoms with E-state index >= 15 is 0 Å². The highest BCUT2D eigenvalue weighted by Gasteiger charge is 2.18. The highest BCUT2D eigenvalue weighted by molar-refractivity contribution is 5.84. The number of hydrogen-bond acceptors (Lipinski definition) is 7. The van der Waals surface area contributed by atoms with Gasteiger partial charge in [-0.1, -0.05) is 0 Å². The largest absolute Gasteiger partial charge is 0.479 e. The summed E-state index contributed by atoms with van der Waals surface area (Å²) in [5, 5.41) is 0.673. The summed E-state index contributed by atoms with van der Waals surface area (Å²) in [6.07, 6.45) is -0.947. The van der Waals surface area contributed by atoms with Gasteiger partial charge in [-0.25, -0.2) is 9.59 Å². The van der Waals surface area contributed by atoms with E-state index in [4.69, 9.17) is 9.15 Å². The molecular weight excluding hydrogens is 316 g/mol. The van der Waals surface area contributed by atoms with E-state index in [-0.39, 0.29) is 12.0 Å². The molecule has 7 heteroatoms. The van der Waals surface area contributed by atoms with Gasteiger partial charge in [0.05, 0.1) is 26.2 Å². The smallest absolute Gasteiger partial charge is 0.346 e. The first kappa shape index (κ1) is 17.5. The zero-order valence-electron chi connectivity index (χ0n) is 13.9. The third kappa shape index (κ3) is 3.56. The summed E-state index contributed by atoms with van der Waals surface area (Å²) in [4.78, 5) is 34.9. The molecule has 0 spiro atoms. The van der Waals surface area contributed by atoms with Crippen molar-refractivity contribution in [3.05, 3.63) is 39.7 Å². The number of methoxy groups -OCH3 is 2. The number of hydrogen-bond donors (Lipinski definition) is 0. The molecule has 1 heterocycles. The van der Waals surface area contributed by atoms with Gasteiger partial charge in [0.1, 0.15) is 11.3 Å². The Morgan fingerprint density at radius 3 is 2.54 bits per heavy atom. The van der Waals surface area contributed by atoms with E-state index in [0.717, 1.165) is 0 Å². The molecule has 1 aromatic carbocycles. The van der Waals surface area contributed by atoms with Crippen LogP contribution in [0.3, 0.4) is 0 Å². The molecular formula is C17H18O7. The van der Waals surface area contributed by atoms with Gasteiger partial charge in [0.2, 0.25) is 0 Å². The minimum atomic E-state index is -0.793. The summed E-state index contributed by atoms with van der Waals surface area (Å²) in [5.41, 5.74) is 0.592. The number of aryl methyl sites for hydroxylation is 1. The monoisotopic (exact) mass is 334 g/mol. The van der Waals surface area contributed by atoms with Crippen LogP contribution in [0.5, 0.6) is 5.75 Å². The molecule has 24 heavy (non-hydrogen) atoms. The van der Waals surface area contributed by atoms with E-state index < -0.39 is 23.7 Å². The molecule has 0 bridgehead atoms. The minimum absolute atomic E-state index is 0.155. The predicted octanol–water partition coefficient (Wildman–Crippen LogP) is 1.76. The first-order valence-corrected chi connectivity index (χ1v) is 7.25. The van der Waals surface area contributed by atoms with Crippen molar-refractivity contribution in [2.75, 3.05) is 14.2 Å². The third-order valence-corrected chi connectivity index (χ3v) is 3.65. The Hall–Kier alpha value is -2.83. The molecule has 0 aliphatic carbocycles. The fourth-order valence-corrected chi connectivity index (χ4v) is 2.29. The molecule has 7 nitrogen and oxygen atoms in total. The quantitative estimate of drug-likeness (QED) is 0.607. The maximum atomic E-state index is 12.1. The number of ether oxygens (including phenoxy) is 3. The zero-order valence-corrected chi connectivity index (χ0v) is 13.9. The van der Waals surface area contributed by atoms with Gasteiger partial charge in [0.15, 0.2) is 6.10 Å². The van der Waals surface area contributed by atoms with E-state index in [2.05, 4.69) is 9.47 Å². The predicted molar refractivity (Wildman–Crippen MR) is 85.0 cm³/mol.